The first-order chi connectivity index (χ1) is 11.1. The number of esters is 1. The van der Waals surface area contributed by atoms with E-state index in [1.807, 2.05) is 0 Å². The van der Waals surface area contributed by atoms with E-state index < -0.39 is 5.97 Å². The molecule has 3 rings (SSSR count). The van der Waals surface area contributed by atoms with Crippen LogP contribution in [0.5, 0.6) is 0 Å². The van der Waals surface area contributed by atoms with Crippen LogP contribution >= 0.6 is 11.6 Å². The van der Waals surface area contributed by atoms with Crippen LogP contribution in [0.3, 0.4) is 0 Å². The third-order valence-corrected chi connectivity index (χ3v) is 4.43. The van der Waals surface area contributed by atoms with Crippen molar-refractivity contribution < 1.29 is 14.3 Å². The molecule has 2 aromatic rings. The van der Waals surface area contributed by atoms with E-state index in [4.69, 9.17) is 16.3 Å². The topological polar surface area (TPSA) is 63.9 Å². The predicted octanol–water partition coefficient (Wildman–Crippen LogP) is 2.55. The highest BCUT2D eigenvalue weighted by atomic mass is 35.5. The lowest BCUT2D eigenvalue weighted by atomic mass is 10.2. The van der Waals surface area contributed by atoms with Crippen LogP contribution in [-0.4, -0.2) is 46.1 Å². The second-order valence-corrected chi connectivity index (χ2v) is 6.13. The van der Waals surface area contributed by atoms with E-state index in [0.29, 0.717) is 10.7 Å². The smallest absolute Gasteiger partial charge is 0.325 e. The predicted molar refractivity (Wildman–Crippen MR) is 85.5 cm³/mol. The summed E-state index contributed by atoms with van der Waals surface area (Å²) in [5.41, 5.74) is 1.05. The van der Waals surface area contributed by atoms with Crippen molar-refractivity contribution in [2.24, 2.45) is 0 Å². The van der Waals surface area contributed by atoms with E-state index in [2.05, 4.69) is 5.10 Å². The van der Waals surface area contributed by atoms with Gasteiger partial charge in [-0.2, -0.15) is 5.10 Å². The molecule has 0 N–H and O–H groups in total. The van der Waals surface area contributed by atoms with E-state index in [0.717, 1.165) is 31.2 Å². The molecule has 0 bridgehead atoms. The highest BCUT2D eigenvalue weighted by Gasteiger charge is 2.30. The lowest BCUT2D eigenvalue weighted by Crippen LogP contribution is -2.42. The van der Waals surface area contributed by atoms with Gasteiger partial charge in [0.2, 0.25) is 0 Å². The third-order valence-electron chi connectivity index (χ3n) is 4.20. The van der Waals surface area contributed by atoms with Gasteiger partial charge in [0.05, 0.1) is 12.6 Å². The largest absolute Gasteiger partial charge is 0.468 e. The van der Waals surface area contributed by atoms with Crippen LogP contribution in [0.15, 0.2) is 24.4 Å². The fourth-order valence-corrected chi connectivity index (χ4v) is 3.17. The first-order valence-corrected chi connectivity index (χ1v) is 7.99. The Morgan fingerprint density at radius 2 is 2.13 bits per heavy atom. The number of nitrogens with zero attached hydrogens (tertiary/aromatic N) is 3. The summed E-state index contributed by atoms with van der Waals surface area (Å²) in [6.45, 7) is -0.0470. The average molecular weight is 336 g/mol. The molecule has 1 aliphatic rings. The summed E-state index contributed by atoms with van der Waals surface area (Å²) in [5, 5.41) is 4.88. The van der Waals surface area contributed by atoms with Crippen molar-refractivity contribution >= 4 is 29.0 Å². The monoisotopic (exact) mass is 335 g/mol. The Labute approximate surface area is 139 Å². The Morgan fingerprint density at radius 1 is 1.39 bits per heavy atom. The molecule has 23 heavy (non-hydrogen) atoms. The summed E-state index contributed by atoms with van der Waals surface area (Å²) in [6, 6.07) is 5.20. The molecule has 0 saturated heterocycles. The summed E-state index contributed by atoms with van der Waals surface area (Å²) in [4.78, 5) is 26.1. The highest BCUT2D eigenvalue weighted by Crippen LogP contribution is 2.25. The number of carbonyl (C=O) groups is 2. The van der Waals surface area contributed by atoms with Gasteiger partial charge in [-0.25, -0.2) is 4.52 Å². The SMILES string of the molecule is COC(=O)CN(C(=O)c1cc2cc(Cl)ccn2n1)C1CCCC1. The maximum Gasteiger partial charge on any atom is 0.325 e. The normalized spacial score (nSPS) is 15.0. The molecule has 6 nitrogen and oxygen atoms in total. The summed E-state index contributed by atoms with van der Waals surface area (Å²) < 4.78 is 6.33. The molecule has 1 aliphatic carbocycles. The Hall–Kier alpha value is -2.08. The number of aromatic nitrogens is 2. The van der Waals surface area contributed by atoms with Gasteiger partial charge in [-0.1, -0.05) is 24.4 Å². The number of methoxy groups -OCH3 is 1. The average Bonchev–Trinajstić information content (AvgIpc) is 3.20. The molecule has 0 unspecified atom stereocenters. The van der Waals surface area contributed by atoms with Crippen molar-refractivity contribution in [1.82, 2.24) is 14.5 Å². The van der Waals surface area contributed by atoms with Crippen LogP contribution in [0.1, 0.15) is 36.2 Å². The van der Waals surface area contributed by atoms with Crippen LogP contribution in [0.2, 0.25) is 5.02 Å². The van der Waals surface area contributed by atoms with Gasteiger partial charge in [-0.3, -0.25) is 9.59 Å². The number of halogens is 1. The van der Waals surface area contributed by atoms with Gasteiger partial charge < -0.3 is 9.64 Å². The molecule has 0 aromatic carbocycles. The van der Waals surface area contributed by atoms with Gasteiger partial charge in [0, 0.05) is 17.3 Å². The number of fused-ring (bicyclic) bond motifs is 1. The zero-order chi connectivity index (χ0) is 16.4. The lowest BCUT2D eigenvalue weighted by Gasteiger charge is -2.27. The van der Waals surface area contributed by atoms with Crippen LogP contribution in [-0.2, 0) is 9.53 Å². The molecule has 1 amide bonds. The third kappa shape index (κ3) is 3.32. The standard InChI is InChI=1S/C16H18ClN3O3/c1-23-15(21)10-19(12-4-2-3-5-12)16(22)14-9-13-8-11(17)6-7-20(13)18-14/h6-9,12H,2-5,10H2,1H3. The quantitative estimate of drug-likeness (QED) is 0.805. The van der Waals surface area contributed by atoms with Gasteiger partial charge >= 0.3 is 5.97 Å². The molecular formula is C16H18ClN3O3. The molecule has 0 spiro atoms. The first-order valence-electron chi connectivity index (χ1n) is 7.61. The Morgan fingerprint density at radius 3 is 2.83 bits per heavy atom. The molecule has 2 aromatic heterocycles. The van der Waals surface area contributed by atoms with Crippen LogP contribution in [0, 0.1) is 0 Å². The summed E-state index contributed by atoms with van der Waals surface area (Å²) >= 11 is 5.96. The second-order valence-electron chi connectivity index (χ2n) is 5.69. The van der Waals surface area contributed by atoms with Crippen molar-refractivity contribution in [2.45, 2.75) is 31.7 Å². The molecule has 2 heterocycles. The van der Waals surface area contributed by atoms with E-state index in [9.17, 15) is 9.59 Å². The Balaban J connectivity index is 1.89. The van der Waals surface area contributed by atoms with E-state index in [1.54, 1.807) is 33.8 Å². The Kier molecular flexibility index (Phi) is 4.52. The molecule has 1 fully saturated rings. The number of carbonyl (C=O) groups excluding carboxylic acids is 2. The zero-order valence-electron chi connectivity index (χ0n) is 12.9. The molecule has 7 heteroatoms. The van der Waals surface area contributed by atoms with Crippen molar-refractivity contribution in [3.63, 3.8) is 0 Å². The summed E-state index contributed by atoms with van der Waals surface area (Å²) in [7, 11) is 1.33. The van der Waals surface area contributed by atoms with Crippen LogP contribution < -0.4 is 0 Å². The summed E-state index contributed by atoms with van der Waals surface area (Å²) in [5.74, 6) is -0.667. The van der Waals surface area contributed by atoms with Gasteiger partial charge in [-0.05, 0) is 31.0 Å². The van der Waals surface area contributed by atoms with Crippen molar-refractivity contribution in [3.8, 4) is 0 Å². The minimum Gasteiger partial charge on any atom is -0.468 e. The molecule has 0 aliphatic heterocycles. The van der Waals surface area contributed by atoms with Crippen molar-refractivity contribution in [1.29, 1.82) is 0 Å². The second kappa shape index (κ2) is 6.58. The van der Waals surface area contributed by atoms with Gasteiger partial charge in [0.1, 0.15) is 6.54 Å². The zero-order valence-corrected chi connectivity index (χ0v) is 13.6. The number of pyridine rings is 1. The molecule has 0 radical (unpaired) electrons. The molecule has 1 saturated carbocycles. The van der Waals surface area contributed by atoms with Crippen LogP contribution in [0.25, 0.3) is 5.52 Å². The molecular weight excluding hydrogens is 318 g/mol. The molecule has 0 atom stereocenters. The van der Waals surface area contributed by atoms with Crippen LogP contribution in [0.4, 0.5) is 0 Å². The number of hydrogen-bond acceptors (Lipinski definition) is 4. The van der Waals surface area contributed by atoms with Crippen molar-refractivity contribution in [2.75, 3.05) is 13.7 Å². The highest BCUT2D eigenvalue weighted by molar-refractivity contribution is 6.30. The van der Waals surface area contributed by atoms with Gasteiger partial charge in [0.25, 0.3) is 5.91 Å². The lowest BCUT2D eigenvalue weighted by molar-refractivity contribution is -0.141. The maximum absolute atomic E-state index is 12.8. The number of hydrogen-bond donors (Lipinski definition) is 0. The Bertz CT molecular complexity index is 737. The van der Waals surface area contributed by atoms with Crippen molar-refractivity contribution in [3.05, 3.63) is 35.1 Å². The maximum atomic E-state index is 12.8. The van der Waals surface area contributed by atoms with E-state index in [1.165, 1.54) is 7.11 Å². The minimum absolute atomic E-state index is 0.0470. The van der Waals surface area contributed by atoms with E-state index >= 15 is 0 Å². The van der Waals surface area contributed by atoms with Gasteiger partial charge in [0.15, 0.2) is 5.69 Å². The number of ether oxygens (including phenoxy) is 1. The number of amides is 1. The fraction of sp³-hybridized carbons (Fsp3) is 0.438. The van der Waals surface area contributed by atoms with E-state index in [-0.39, 0.29) is 18.5 Å². The summed E-state index contributed by atoms with van der Waals surface area (Å²) in [6.07, 6.45) is 5.64. The number of rotatable bonds is 4. The first kappa shape index (κ1) is 15.8. The molecule has 122 valence electrons. The minimum atomic E-state index is -0.419. The fourth-order valence-electron chi connectivity index (χ4n) is 3.01. The van der Waals surface area contributed by atoms with Gasteiger partial charge in [-0.15, -0.1) is 0 Å².